The van der Waals surface area contributed by atoms with Crippen LogP contribution in [-0.2, 0) is 19.0 Å². The zero-order valence-corrected chi connectivity index (χ0v) is 14.2. The van der Waals surface area contributed by atoms with Gasteiger partial charge in [-0.1, -0.05) is 0 Å². The summed E-state index contributed by atoms with van der Waals surface area (Å²) >= 11 is 0. The third-order valence-electron chi connectivity index (χ3n) is 4.12. The number of hydrogen-bond donors (Lipinski definition) is 0. The third-order valence-corrected chi connectivity index (χ3v) is 4.12. The molecule has 2 rings (SSSR count). The Morgan fingerprint density at radius 3 is 1.58 bits per heavy atom. The summed E-state index contributed by atoms with van der Waals surface area (Å²) in [4.78, 5) is 39.3. The first-order valence-corrected chi connectivity index (χ1v) is 8.69. The number of esters is 1. The fourth-order valence-corrected chi connectivity index (χ4v) is 2.82. The number of amides is 2. The second kappa shape index (κ2) is 9.34. The van der Waals surface area contributed by atoms with E-state index in [9.17, 15) is 14.4 Å². The highest BCUT2D eigenvalue weighted by molar-refractivity contribution is 5.80. The number of hydrogen-bond acceptors (Lipinski definition) is 6. The van der Waals surface area contributed by atoms with Crippen molar-refractivity contribution in [2.24, 2.45) is 0 Å². The van der Waals surface area contributed by atoms with Gasteiger partial charge in [-0.2, -0.15) is 0 Å². The van der Waals surface area contributed by atoms with Crippen LogP contribution in [0.1, 0.15) is 45.4 Å². The zero-order valence-electron chi connectivity index (χ0n) is 14.2. The molecule has 0 aliphatic carbocycles. The Balaban J connectivity index is 1.94. The van der Waals surface area contributed by atoms with Gasteiger partial charge in [0.2, 0.25) is 0 Å². The van der Waals surface area contributed by atoms with E-state index in [1.165, 1.54) is 9.80 Å². The van der Waals surface area contributed by atoms with Crippen LogP contribution in [0.25, 0.3) is 0 Å². The van der Waals surface area contributed by atoms with Gasteiger partial charge in [-0.15, -0.1) is 0 Å². The summed E-state index contributed by atoms with van der Waals surface area (Å²) in [5, 5.41) is 0. The molecular formula is C16H26N2O6. The van der Waals surface area contributed by atoms with Crippen molar-refractivity contribution < 1.29 is 28.6 Å². The van der Waals surface area contributed by atoms with Gasteiger partial charge in [0, 0.05) is 26.2 Å². The average molecular weight is 342 g/mol. The number of piperidine rings is 2. The largest absolute Gasteiger partial charge is 0.460 e. The van der Waals surface area contributed by atoms with Crippen molar-refractivity contribution in [2.75, 3.05) is 32.8 Å². The van der Waals surface area contributed by atoms with Crippen molar-refractivity contribution in [1.82, 2.24) is 9.80 Å². The second-order valence-corrected chi connectivity index (χ2v) is 5.95. The van der Waals surface area contributed by atoms with Crippen LogP contribution in [0.5, 0.6) is 0 Å². The van der Waals surface area contributed by atoms with Crippen molar-refractivity contribution in [3.8, 4) is 0 Å². The highest BCUT2D eigenvalue weighted by atomic mass is 16.7. The van der Waals surface area contributed by atoms with Crippen LogP contribution in [-0.4, -0.2) is 67.0 Å². The fourth-order valence-electron chi connectivity index (χ4n) is 2.82. The molecule has 0 saturated carbocycles. The summed E-state index contributed by atoms with van der Waals surface area (Å²) in [5.74, 6) is -0.867. The highest BCUT2D eigenvalue weighted by Crippen LogP contribution is 2.14. The Kier molecular flexibility index (Phi) is 7.14. The van der Waals surface area contributed by atoms with E-state index in [4.69, 9.17) is 14.2 Å². The molecule has 2 saturated heterocycles. The minimum atomic E-state index is -1.66. The van der Waals surface area contributed by atoms with Crippen LogP contribution in [0, 0.1) is 0 Å². The van der Waals surface area contributed by atoms with Crippen molar-refractivity contribution in [3.63, 3.8) is 0 Å². The van der Waals surface area contributed by atoms with Crippen molar-refractivity contribution in [2.45, 2.75) is 51.7 Å². The predicted molar refractivity (Wildman–Crippen MR) is 84.2 cm³/mol. The van der Waals surface area contributed by atoms with Crippen LogP contribution < -0.4 is 0 Å². The average Bonchev–Trinajstić information content (AvgIpc) is 2.62. The standard InChI is InChI=1S/C16H26N2O6/c1-2-22-13(19)14(23-15(20)17-9-5-3-6-10-17)24-16(21)18-11-7-4-8-12-18/h14H,2-12H2,1H3. The van der Waals surface area contributed by atoms with Gasteiger partial charge in [0.25, 0.3) is 0 Å². The Bertz CT molecular complexity index is 412. The molecule has 0 unspecified atom stereocenters. The molecule has 2 heterocycles. The molecule has 8 nitrogen and oxygen atoms in total. The molecule has 8 heteroatoms. The first-order valence-electron chi connectivity index (χ1n) is 8.69. The van der Waals surface area contributed by atoms with E-state index >= 15 is 0 Å². The minimum absolute atomic E-state index is 0.109. The Morgan fingerprint density at radius 1 is 0.792 bits per heavy atom. The molecule has 0 radical (unpaired) electrons. The predicted octanol–water partition coefficient (Wildman–Crippen LogP) is 2.12. The van der Waals surface area contributed by atoms with E-state index in [1.807, 2.05) is 0 Å². The molecule has 2 fully saturated rings. The van der Waals surface area contributed by atoms with Gasteiger partial charge in [0.15, 0.2) is 0 Å². The van der Waals surface area contributed by atoms with Gasteiger partial charge in [-0.05, 0) is 45.4 Å². The van der Waals surface area contributed by atoms with Crippen LogP contribution >= 0.6 is 0 Å². The number of ether oxygens (including phenoxy) is 3. The second-order valence-electron chi connectivity index (χ2n) is 5.95. The molecule has 0 atom stereocenters. The van der Waals surface area contributed by atoms with Gasteiger partial charge in [-0.25, -0.2) is 14.4 Å². The van der Waals surface area contributed by atoms with Gasteiger partial charge >= 0.3 is 24.4 Å². The van der Waals surface area contributed by atoms with Crippen molar-refractivity contribution in [1.29, 1.82) is 0 Å². The maximum atomic E-state index is 12.2. The Morgan fingerprint density at radius 2 is 1.21 bits per heavy atom. The maximum absolute atomic E-state index is 12.2. The molecule has 0 spiro atoms. The molecule has 0 N–H and O–H groups in total. The third kappa shape index (κ3) is 5.28. The summed E-state index contributed by atoms with van der Waals surface area (Å²) in [6.45, 7) is 4.05. The monoisotopic (exact) mass is 342 g/mol. The lowest BCUT2D eigenvalue weighted by atomic mass is 10.1. The van der Waals surface area contributed by atoms with E-state index in [0.29, 0.717) is 26.2 Å². The smallest absolute Gasteiger partial charge is 0.413 e. The van der Waals surface area contributed by atoms with E-state index in [0.717, 1.165) is 38.5 Å². The number of rotatable bonds is 4. The van der Waals surface area contributed by atoms with Crippen LogP contribution in [0.15, 0.2) is 0 Å². The summed E-state index contributed by atoms with van der Waals surface area (Å²) in [7, 11) is 0. The van der Waals surface area contributed by atoms with Gasteiger partial charge in [0.05, 0.1) is 6.61 Å². The quantitative estimate of drug-likeness (QED) is 0.575. The molecule has 0 aromatic heterocycles. The normalized spacial score (nSPS) is 18.2. The number of carbonyl (C=O) groups excluding carboxylic acids is 3. The van der Waals surface area contributed by atoms with Gasteiger partial charge in [0.1, 0.15) is 0 Å². The van der Waals surface area contributed by atoms with E-state index < -0.39 is 24.4 Å². The molecule has 2 aliphatic rings. The summed E-state index contributed by atoms with van der Waals surface area (Å²) < 4.78 is 15.1. The summed E-state index contributed by atoms with van der Waals surface area (Å²) in [6.07, 6.45) is 2.75. The van der Waals surface area contributed by atoms with E-state index in [-0.39, 0.29) is 6.61 Å². The van der Waals surface area contributed by atoms with Crippen LogP contribution in [0.3, 0.4) is 0 Å². The van der Waals surface area contributed by atoms with E-state index in [1.54, 1.807) is 6.92 Å². The number of nitrogens with zero attached hydrogens (tertiary/aromatic N) is 2. The lowest BCUT2D eigenvalue weighted by Gasteiger charge is -2.29. The Hall–Kier alpha value is -1.99. The van der Waals surface area contributed by atoms with Crippen molar-refractivity contribution in [3.05, 3.63) is 0 Å². The van der Waals surface area contributed by atoms with Gasteiger partial charge in [-0.3, -0.25) is 0 Å². The van der Waals surface area contributed by atoms with Crippen LogP contribution in [0.2, 0.25) is 0 Å². The van der Waals surface area contributed by atoms with Crippen LogP contribution in [0.4, 0.5) is 9.59 Å². The number of likely N-dealkylation sites (tertiary alicyclic amines) is 2. The first kappa shape index (κ1) is 18.4. The summed E-state index contributed by atoms with van der Waals surface area (Å²) in [6, 6.07) is 0. The lowest BCUT2D eigenvalue weighted by Crippen LogP contribution is -2.44. The molecule has 136 valence electrons. The molecular weight excluding hydrogens is 316 g/mol. The summed E-state index contributed by atoms with van der Waals surface area (Å²) in [5.41, 5.74) is 0. The molecule has 0 bridgehead atoms. The number of carbonyl (C=O) groups is 3. The maximum Gasteiger partial charge on any atom is 0.413 e. The lowest BCUT2D eigenvalue weighted by molar-refractivity contribution is -0.175. The fraction of sp³-hybridized carbons (Fsp3) is 0.812. The molecule has 0 aromatic rings. The minimum Gasteiger partial charge on any atom is -0.460 e. The highest BCUT2D eigenvalue weighted by Gasteiger charge is 2.33. The molecule has 0 aromatic carbocycles. The molecule has 2 aliphatic heterocycles. The van der Waals surface area contributed by atoms with Gasteiger partial charge < -0.3 is 24.0 Å². The van der Waals surface area contributed by atoms with E-state index in [2.05, 4.69) is 0 Å². The SMILES string of the molecule is CCOC(=O)C(OC(=O)N1CCCCC1)OC(=O)N1CCCCC1. The van der Waals surface area contributed by atoms with Crippen molar-refractivity contribution >= 4 is 18.2 Å². The zero-order chi connectivity index (χ0) is 17.4. The first-order chi connectivity index (χ1) is 11.6. The molecule has 2 amide bonds. The Labute approximate surface area is 142 Å². The topological polar surface area (TPSA) is 85.4 Å². The molecule has 24 heavy (non-hydrogen) atoms.